The summed E-state index contributed by atoms with van der Waals surface area (Å²) in [6, 6.07) is 9.46. The fraction of sp³-hybridized carbons (Fsp3) is 0.292. The van der Waals surface area contributed by atoms with Crippen LogP contribution in [0.5, 0.6) is 0 Å². The minimum Gasteiger partial charge on any atom is -0.436 e. The number of amides is 2. The van der Waals surface area contributed by atoms with Gasteiger partial charge in [-0.3, -0.25) is 19.5 Å². The number of hydrogen-bond donors (Lipinski definition) is 0. The SMILES string of the molecule is O=C(c1nccs1)N1CCN(C2CN(C(=O)c3cccc4oc(-c5cccnc5)nc34)C2)CC1. The third-order valence-electron chi connectivity index (χ3n) is 6.44. The van der Waals surface area contributed by atoms with Gasteiger partial charge in [0.05, 0.1) is 11.1 Å². The lowest BCUT2D eigenvalue weighted by molar-refractivity contribution is 0.00862. The summed E-state index contributed by atoms with van der Waals surface area (Å²) in [6.45, 7) is 4.30. The van der Waals surface area contributed by atoms with E-state index >= 15 is 0 Å². The molecule has 6 rings (SSSR count). The zero-order chi connectivity index (χ0) is 23.1. The molecule has 0 N–H and O–H groups in total. The molecule has 2 saturated heterocycles. The Balaban J connectivity index is 1.09. The molecule has 3 aromatic heterocycles. The van der Waals surface area contributed by atoms with Crippen LogP contribution < -0.4 is 0 Å². The quantitative estimate of drug-likeness (QED) is 0.449. The van der Waals surface area contributed by atoms with Crippen molar-refractivity contribution in [2.45, 2.75) is 6.04 Å². The Hall–Kier alpha value is -3.63. The summed E-state index contributed by atoms with van der Waals surface area (Å²) < 4.78 is 5.88. The molecule has 2 fully saturated rings. The van der Waals surface area contributed by atoms with Gasteiger partial charge < -0.3 is 14.2 Å². The molecule has 9 nitrogen and oxygen atoms in total. The van der Waals surface area contributed by atoms with Crippen LogP contribution >= 0.6 is 11.3 Å². The van der Waals surface area contributed by atoms with E-state index in [0.29, 0.717) is 59.8 Å². The lowest BCUT2D eigenvalue weighted by Crippen LogP contribution is -2.64. The van der Waals surface area contributed by atoms with Crippen LogP contribution in [-0.4, -0.2) is 86.8 Å². The van der Waals surface area contributed by atoms with Gasteiger partial charge in [0.1, 0.15) is 5.52 Å². The number of aromatic nitrogens is 3. The molecule has 2 aliphatic rings. The molecule has 2 amide bonds. The maximum Gasteiger partial charge on any atom is 0.282 e. The highest BCUT2D eigenvalue weighted by Gasteiger charge is 2.37. The topological polar surface area (TPSA) is 95.7 Å². The predicted molar refractivity (Wildman–Crippen MR) is 127 cm³/mol. The lowest BCUT2D eigenvalue weighted by atomic mass is 10.0. The third-order valence-corrected chi connectivity index (χ3v) is 7.20. The Morgan fingerprint density at radius 2 is 1.82 bits per heavy atom. The molecule has 34 heavy (non-hydrogen) atoms. The highest BCUT2D eigenvalue weighted by molar-refractivity contribution is 7.11. The van der Waals surface area contributed by atoms with Gasteiger partial charge in [-0.2, -0.15) is 0 Å². The summed E-state index contributed by atoms with van der Waals surface area (Å²) in [5.41, 5.74) is 2.48. The second kappa shape index (κ2) is 8.62. The minimum atomic E-state index is -0.0366. The first-order chi connectivity index (χ1) is 16.7. The first-order valence-electron chi connectivity index (χ1n) is 11.2. The molecule has 0 radical (unpaired) electrons. The largest absolute Gasteiger partial charge is 0.436 e. The number of carbonyl (C=O) groups is 2. The predicted octanol–water partition coefficient (Wildman–Crippen LogP) is 2.63. The molecular formula is C24H22N6O3S. The second-order valence-corrected chi connectivity index (χ2v) is 9.34. The van der Waals surface area contributed by atoms with E-state index < -0.39 is 0 Å². The smallest absolute Gasteiger partial charge is 0.282 e. The first kappa shape index (κ1) is 20.9. The molecule has 4 aromatic rings. The monoisotopic (exact) mass is 474 g/mol. The van der Waals surface area contributed by atoms with Crippen LogP contribution in [-0.2, 0) is 0 Å². The lowest BCUT2D eigenvalue weighted by Gasteiger charge is -2.48. The Bertz CT molecular complexity index is 1330. The number of benzene rings is 1. The van der Waals surface area contributed by atoms with Crippen molar-refractivity contribution in [2.75, 3.05) is 39.3 Å². The number of hydrogen-bond acceptors (Lipinski definition) is 8. The summed E-state index contributed by atoms with van der Waals surface area (Å²) in [7, 11) is 0. The normalized spacial score (nSPS) is 17.2. The van der Waals surface area contributed by atoms with Gasteiger partial charge in [0, 0.05) is 69.3 Å². The zero-order valence-corrected chi connectivity index (χ0v) is 19.1. The van der Waals surface area contributed by atoms with Crippen molar-refractivity contribution >= 4 is 34.3 Å². The van der Waals surface area contributed by atoms with Gasteiger partial charge in [-0.25, -0.2) is 9.97 Å². The summed E-state index contributed by atoms with van der Waals surface area (Å²) in [5.74, 6) is 0.423. The number of nitrogens with zero attached hydrogens (tertiary/aromatic N) is 6. The minimum absolute atomic E-state index is 0.00595. The van der Waals surface area contributed by atoms with E-state index in [4.69, 9.17) is 4.42 Å². The molecule has 0 aliphatic carbocycles. The maximum atomic E-state index is 13.2. The van der Waals surface area contributed by atoms with Crippen molar-refractivity contribution < 1.29 is 14.0 Å². The van der Waals surface area contributed by atoms with Crippen LogP contribution in [0.2, 0.25) is 0 Å². The van der Waals surface area contributed by atoms with Crippen molar-refractivity contribution in [2.24, 2.45) is 0 Å². The Kier molecular flexibility index (Phi) is 5.31. The average Bonchev–Trinajstić information content (AvgIpc) is 3.54. The number of oxazole rings is 1. The third kappa shape index (κ3) is 3.74. The van der Waals surface area contributed by atoms with E-state index in [1.165, 1.54) is 11.3 Å². The van der Waals surface area contributed by atoms with E-state index in [-0.39, 0.29) is 11.8 Å². The highest BCUT2D eigenvalue weighted by Crippen LogP contribution is 2.28. The van der Waals surface area contributed by atoms with Crippen molar-refractivity contribution in [1.82, 2.24) is 29.7 Å². The van der Waals surface area contributed by atoms with Crippen LogP contribution in [0.15, 0.2) is 58.7 Å². The number of thiazole rings is 1. The number of likely N-dealkylation sites (tertiary alicyclic amines) is 1. The van der Waals surface area contributed by atoms with Crippen LogP contribution in [0.25, 0.3) is 22.6 Å². The second-order valence-electron chi connectivity index (χ2n) is 8.44. The maximum absolute atomic E-state index is 13.2. The summed E-state index contributed by atoms with van der Waals surface area (Å²) >= 11 is 1.37. The average molecular weight is 475 g/mol. The van der Waals surface area contributed by atoms with Gasteiger partial charge in [0.15, 0.2) is 10.6 Å². The zero-order valence-electron chi connectivity index (χ0n) is 18.3. The van der Waals surface area contributed by atoms with Gasteiger partial charge >= 0.3 is 0 Å². The fourth-order valence-corrected chi connectivity index (χ4v) is 5.11. The van der Waals surface area contributed by atoms with Gasteiger partial charge in [-0.15, -0.1) is 11.3 Å². The Morgan fingerprint density at radius 3 is 2.56 bits per heavy atom. The molecule has 1 aromatic carbocycles. The molecule has 2 aliphatic heterocycles. The van der Waals surface area contributed by atoms with E-state index in [1.807, 2.05) is 39.4 Å². The molecule has 10 heteroatoms. The van der Waals surface area contributed by atoms with E-state index in [1.54, 1.807) is 24.7 Å². The molecule has 5 heterocycles. The fourth-order valence-electron chi connectivity index (χ4n) is 4.51. The first-order valence-corrected chi connectivity index (χ1v) is 12.1. The number of para-hydroxylation sites is 1. The number of rotatable bonds is 4. The van der Waals surface area contributed by atoms with Crippen LogP contribution in [0.1, 0.15) is 20.2 Å². The Morgan fingerprint density at radius 1 is 0.971 bits per heavy atom. The molecule has 0 atom stereocenters. The van der Waals surface area contributed by atoms with Crippen molar-refractivity contribution in [3.8, 4) is 11.5 Å². The summed E-state index contributed by atoms with van der Waals surface area (Å²) in [4.78, 5) is 44.7. The highest BCUT2D eigenvalue weighted by atomic mass is 32.1. The van der Waals surface area contributed by atoms with E-state index in [2.05, 4.69) is 19.9 Å². The van der Waals surface area contributed by atoms with Crippen molar-refractivity contribution in [1.29, 1.82) is 0 Å². The molecule has 172 valence electrons. The van der Waals surface area contributed by atoms with Crippen molar-refractivity contribution in [3.05, 3.63) is 64.9 Å². The number of fused-ring (bicyclic) bond motifs is 1. The van der Waals surface area contributed by atoms with Crippen LogP contribution in [0.4, 0.5) is 0 Å². The van der Waals surface area contributed by atoms with Crippen LogP contribution in [0, 0.1) is 0 Å². The number of carbonyl (C=O) groups excluding carboxylic acids is 2. The van der Waals surface area contributed by atoms with Gasteiger partial charge in [-0.05, 0) is 24.3 Å². The molecule has 0 spiro atoms. The number of piperazine rings is 1. The van der Waals surface area contributed by atoms with Crippen molar-refractivity contribution in [3.63, 3.8) is 0 Å². The molecule has 0 unspecified atom stereocenters. The summed E-state index contributed by atoms with van der Waals surface area (Å²) in [5, 5.41) is 2.37. The molecular weight excluding hydrogens is 452 g/mol. The molecule has 0 bridgehead atoms. The molecule has 0 saturated carbocycles. The van der Waals surface area contributed by atoms with Gasteiger partial charge in [0.25, 0.3) is 11.8 Å². The summed E-state index contributed by atoms with van der Waals surface area (Å²) in [6.07, 6.45) is 5.05. The number of pyridine rings is 1. The van der Waals surface area contributed by atoms with E-state index in [9.17, 15) is 9.59 Å². The van der Waals surface area contributed by atoms with Crippen LogP contribution in [0.3, 0.4) is 0 Å². The standard InChI is InChI=1S/C24H22N6O3S/c31-23(18-4-1-5-19-20(18)27-21(33-19)16-3-2-6-25-13-16)30-14-17(15-30)28-8-10-29(11-9-28)24(32)22-26-7-12-34-22/h1-7,12-13,17H,8-11,14-15H2. The van der Waals surface area contributed by atoms with E-state index in [0.717, 1.165) is 18.7 Å². The van der Waals surface area contributed by atoms with Gasteiger partial charge in [0.2, 0.25) is 5.89 Å². The Labute approximate surface area is 199 Å². The van der Waals surface area contributed by atoms with Gasteiger partial charge in [-0.1, -0.05) is 6.07 Å².